The fourth-order valence-electron chi connectivity index (χ4n) is 12.9. The van der Waals surface area contributed by atoms with E-state index in [2.05, 4.69) is 67.8 Å². The lowest BCUT2D eigenvalue weighted by atomic mass is 9.96. The molecule has 3 aliphatic rings. The summed E-state index contributed by atoms with van der Waals surface area (Å²) in [5.41, 5.74) is 0. The van der Waals surface area contributed by atoms with E-state index in [1.807, 2.05) is 6.08 Å². The molecular weight excluding hydrogens is 1230 g/mol. The number of aliphatic hydroxyl groups is 11. The van der Waals surface area contributed by atoms with E-state index in [9.17, 15) is 61.0 Å². The van der Waals surface area contributed by atoms with Gasteiger partial charge in [-0.3, -0.25) is 4.79 Å². The second-order valence-electron chi connectivity index (χ2n) is 27.4. The Hall–Kier alpha value is -2.51. The van der Waals surface area contributed by atoms with E-state index in [1.165, 1.54) is 193 Å². The Kier molecular flexibility index (Phi) is 53.0. The van der Waals surface area contributed by atoms with Crippen molar-refractivity contribution >= 4 is 5.91 Å². The number of rotatable bonds is 60. The summed E-state index contributed by atoms with van der Waals surface area (Å²) in [6, 6.07) is -0.973. The van der Waals surface area contributed by atoms with Crippen LogP contribution in [0.15, 0.2) is 60.8 Å². The van der Waals surface area contributed by atoms with Crippen molar-refractivity contribution in [3.63, 3.8) is 0 Å². The Balaban J connectivity index is 1.33. The third kappa shape index (κ3) is 38.5. The van der Waals surface area contributed by atoms with Crippen LogP contribution in [0.2, 0.25) is 0 Å². The SMILES string of the molecule is CC/C=C\C/C=C\C/C=C\C/C=C\CCCCCCCCCCCCCCCCCCCCCCCCC(=O)NC(COC1OC(CO)C(OC2OC(CO)C(OC3OC(CO)C(O)C(O)C3O)C(O)C2O)C(O)C1O)C(O)/C=C/CCCCCCCCCCCCCCCC. The molecule has 19 nitrogen and oxygen atoms in total. The minimum Gasteiger partial charge on any atom is -0.394 e. The van der Waals surface area contributed by atoms with Crippen molar-refractivity contribution < 1.29 is 89.4 Å². The maximum absolute atomic E-state index is 13.4. The molecule has 12 N–H and O–H groups in total. The smallest absolute Gasteiger partial charge is 0.220 e. The maximum Gasteiger partial charge on any atom is 0.220 e. The van der Waals surface area contributed by atoms with Crippen LogP contribution in [-0.2, 0) is 33.2 Å². The van der Waals surface area contributed by atoms with Crippen molar-refractivity contribution in [2.24, 2.45) is 0 Å². The molecule has 0 spiro atoms. The van der Waals surface area contributed by atoms with Gasteiger partial charge in [0, 0.05) is 6.42 Å². The van der Waals surface area contributed by atoms with Crippen LogP contribution in [0, 0.1) is 0 Å². The van der Waals surface area contributed by atoms with E-state index >= 15 is 0 Å². The Morgan fingerprint density at radius 2 is 0.719 bits per heavy atom. The lowest BCUT2D eigenvalue weighted by Gasteiger charge is -2.48. The van der Waals surface area contributed by atoms with Crippen molar-refractivity contribution in [3.05, 3.63) is 60.8 Å². The summed E-state index contributed by atoms with van der Waals surface area (Å²) in [7, 11) is 0. The van der Waals surface area contributed by atoms with E-state index in [4.69, 9.17) is 28.4 Å². The van der Waals surface area contributed by atoms with E-state index in [-0.39, 0.29) is 18.9 Å². The first-order valence-corrected chi connectivity index (χ1v) is 38.5. The van der Waals surface area contributed by atoms with Crippen molar-refractivity contribution in [2.75, 3.05) is 26.4 Å². The first-order chi connectivity index (χ1) is 46.8. The fraction of sp³-hybridized carbons (Fsp3) is 0.857. The van der Waals surface area contributed by atoms with Crippen molar-refractivity contribution in [2.45, 2.75) is 394 Å². The van der Waals surface area contributed by atoms with Gasteiger partial charge in [-0.1, -0.05) is 286 Å². The number of ether oxygens (including phenoxy) is 6. The summed E-state index contributed by atoms with van der Waals surface area (Å²) in [6.07, 6.45) is 46.4. The molecule has 0 bridgehead atoms. The maximum atomic E-state index is 13.4. The number of unbranched alkanes of at least 4 members (excludes halogenated alkanes) is 36. The molecule has 0 radical (unpaired) electrons. The van der Waals surface area contributed by atoms with Crippen LogP contribution in [0.25, 0.3) is 0 Å². The number of allylic oxidation sites excluding steroid dienone is 9. The van der Waals surface area contributed by atoms with Gasteiger partial charge >= 0.3 is 0 Å². The van der Waals surface area contributed by atoms with Crippen LogP contribution in [0.5, 0.6) is 0 Å². The van der Waals surface area contributed by atoms with Gasteiger partial charge in [-0.15, -0.1) is 0 Å². The van der Waals surface area contributed by atoms with Gasteiger partial charge in [0.1, 0.15) is 73.2 Å². The minimum absolute atomic E-state index is 0.245. The van der Waals surface area contributed by atoms with E-state index in [0.29, 0.717) is 6.42 Å². The third-order valence-corrected chi connectivity index (χ3v) is 19.1. The van der Waals surface area contributed by atoms with Crippen molar-refractivity contribution in [3.8, 4) is 0 Å². The average molecular weight is 1370 g/mol. The molecule has 3 aliphatic heterocycles. The van der Waals surface area contributed by atoms with Gasteiger partial charge in [0.05, 0.1) is 38.6 Å². The zero-order valence-corrected chi connectivity index (χ0v) is 59.6. The highest BCUT2D eigenvalue weighted by Gasteiger charge is 2.53. The normalized spacial score (nSPS) is 27.4. The number of hydrogen-bond donors (Lipinski definition) is 12. The summed E-state index contributed by atoms with van der Waals surface area (Å²) < 4.78 is 34.4. The quantitative estimate of drug-likeness (QED) is 0.0199. The molecule has 0 saturated carbocycles. The highest BCUT2D eigenvalue weighted by molar-refractivity contribution is 5.76. The Morgan fingerprint density at radius 1 is 0.385 bits per heavy atom. The van der Waals surface area contributed by atoms with Gasteiger partial charge in [-0.2, -0.15) is 0 Å². The Bertz CT molecular complexity index is 1970. The lowest BCUT2D eigenvalue weighted by molar-refractivity contribution is -0.379. The predicted molar refractivity (Wildman–Crippen MR) is 379 cm³/mol. The molecule has 0 aromatic heterocycles. The molecule has 560 valence electrons. The first kappa shape index (κ1) is 87.7. The number of carbonyl (C=O) groups is 1. The van der Waals surface area contributed by atoms with E-state index < -0.39 is 124 Å². The number of hydrogen-bond acceptors (Lipinski definition) is 18. The molecule has 3 fully saturated rings. The van der Waals surface area contributed by atoms with Gasteiger partial charge in [0.15, 0.2) is 18.9 Å². The van der Waals surface area contributed by atoms with E-state index in [1.54, 1.807) is 6.08 Å². The summed E-state index contributed by atoms with van der Waals surface area (Å²) >= 11 is 0. The Morgan fingerprint density at radius 3 is 1.12 bits per heavy atom. The summed E-state index contributed by atoms with van der Waals surface area (Å²) in [4.78, 5) is 13.4. The largest absolute Gasteiger partial charge is 0.394 e. The van der Waals surface area contributed by atoms with Gasteiger partial charge in [0.2, 0.25) is 5.91 Å². The van der Waals surface area contributed by atoms with E-state index in [0.717, 1.165) is 70.6 Å². The minimum atomic E-state index is -1.98. The number of carbonyl (C=O) groups excluding carboxylic acids is 1. The molecule has 0 aromatic carbocycles. The second kappa shape index (κ2) is 58.0. The summed E-state index contributed by atoms with van der Waals surface area (Å²) in [5.74, 6) is -0.272. The van der Waals surface area contributed by atoms with Crippen LogP contribution >= 0.6 is 0 Å². The van der Waals surface area contributed by atoms with Gasteiger partial charge in [-0.25, -0.2) is 0 Å². The number of aliphatic hydroxyl groups excluding tert-OH is 11. The lowest BCUT2D eigenvalue weighted by Crippen LogP contribution is -2.66. The highest BCUT2D eigenvalue weighted by atomic mass is 16.8. The highest BCUT2D eigenvalue weighted by Crippen LogP contribution is 2.33. The molecule has 0 aromatic rings. The first-order valence-electron chi connectivity index (χ1n) is 38.5. The number of amides is 1. The molecule has 1 amide bonds. The zero-order chi connectivity index (χ0) is 69.6. The standard InChI is InChI=1S/C77H139NO18/c1-3-5-7-9-11-13-15-17-19-21-22-23-24-25-26-27-28-29-30-31-32-33-34-35-36-37-38-39-41-43-45-47-49-51-53-55-65(83)78-60(61(82)54-52-50-48-46-44-42-40-20-18-16-14-12-10-8-6-4-2)59-91-75-71(89)68(86)73(63(57-80)93-75)96-77-72(90)69(87)74(64(58-81)94-77)95-76-70(88)67(85)66(84)62(56-79)92-76/h5,7,11,13,17,19,22-23,52,54,60-64,66-77,79-82,84-90H,3-4,6,8-10,12,14-16,18,20-21,24-51,53,55-59H2,1-2H3,(H,78,83)/b7-5-,13-11-,19-17-,23-22-,54-52+. The molecule has 17 atom stereocenters. The van der Waals surface area contributed by atoms with Crippen LogP contribution in [0.1, 0.15) is 290 Å². The van der Waals surface area contributed by atoms with Crippen LogP contribution < -0.4 is 5.32 Å². The molecule has 3 heterocycles. The van der Waals surface area contributed by atoms with Gasteiger partial charge in [-0.05, 0) is 57.8 Å². The monoisotopic (exact) mass is 1370 g/mol. The summed E-state index contributed by atoms with van der Waals surface area (Å²) in [5, 5.41) is 121. The molecule has 19 heteroatoms. The second-order valence-corrected chi connectivity index (χ2v) is 27.4. The van der Waals surface area contributed by atoms with Crippen LogP contribution in [0.4, 0.5) is 0 Å². The molecule has 96 heavy (non-hydrogen) atoms. The predicted octanol–water partition coefficient (Wildman–Crippen LogP) is 11.9. The topological polar surface area (TPSA) is 307 Å². The molecule has 0 aliphatic carbocycles. The van der Waals surface area contributed by atoms with Gasteiger partial charge < -0.3 is 89.9 Å². The molecular formula is C77H139NO18. The van der Waals surface area contributed by atoms with Crippen LogP contribution in [-0.4, -0.2) is 193 Å². The molecule has 17 unspecified atom stereocenters. The zero-order valence-electron chi connectivity index (χ0n) is 59.6. The Labute approximate surface area is 579 Å². The van der Waals surface area contributed by atoms with Crippen molar-refractivity contribution in [1.82, 2.24) is 5.32 Å². The fourth-order valence-corrected chi connectivity index (χ4v) is 12.9. The molecule has 3 saturated heterocycles. The molecule has 3 rings (SSSR count). The van der Waals surface area contributed by atoms with Crippen LogP contribution in [0.3, 0.4) is 0 Å². The average Bonchev–Trinajstić information content (AvgIpc) is 0.798. The van der Waals surface area contributed by atoms with Gasteiger partial charge in [0.25, 0.3) is 0 Å². The third-order valence-electron chi connectivity index (χ3n) is 19.1. The number of nitrogens with one attached hydrogen (secondary N) is 1. The summed E-state index contributed by atoms with van der Waals surface area (Å²) in [6.45, 7) is 1.64. The van der Waals surface area contributed by atoms with Crippen molar-refractivity contribution in [1.29, 1.82) is 0 Å².